The maximum atomic E-state index is 12.2. The Kier molecular flexibility index (Phi) is 4.24. The van der Waals surface area contributed by atoms with Crippen LogP contribution < -0.4 is 11.5 Å². The van der Waals surface area contributed by atoms with Gasteiger partial charge in [0.25, 0.3) is 0 Å². The molecule has 2 heterocycles. The summed E-state index contributed by atoms with van der Waals surface area (Å²) < 4.78 is 0. The SMILES string of the molecule is CCCc1ccc(C(=O)/C=C/c2nc3nc(N)nc(N)c3[nH]2)cc1. The van der Waals surface area contributed by atoms with Gasteiger partial charge < -0.3 is 16.5 Å². The molecule has 0 aliphatic carbocycles. The summed E-state index contributed by atoms with van der Waals surface area (Å²) >= 11 is 0. The van der Waals surface area contributed by atoms with Crippen molar-refractivity contribution >= 4 is 34.8 Å². The van der Waals surface area contributed by atoms with Crippen LogP contribution in [-0.2, 0) is 6.42 Å². The summed E-state index contributed by atoms with van der Waals surface area (Å²) in [5, 5.41) is 0. The molecule has 24 heavy (non-hydrogen) atoms. The van der Waals surface area contributed by atoms with Crippen molar-refractivity contribution < 1.29 is 4.79 Å². The van der Waals surface area contributed by atoms with Crippen molar-refractivity contribution in [2.24, 2.45) is 0 Å². The van der Waals surface area contributed by atoms with Crippen molar-refractivity contribution in [2.75, 3.05) is 11.5 Å². The van der Waals surface area contributed by atoms with Crippen LogP contribution in [0.3, 0.4) is 0 Å². The lowest BCUT2D eigenvalue weighted by atomic mass is 10.1. The van der Waals surface area contributed by atoms with Gasteiger partial charge in [-0.1, -0.05) is 37.6 Å². The lowest BCUT2D eigenvalue weighted by Gasteiger charge is -1.99. The van der Waals surface area contributed by atoms with Crippen LogP contribution in [-0.4, -0.2) is 25.7 Å². The molecule has 2 aromatic heterocycles. The predicted octanol–water partition coefficient (Wildman–Crippen LogP) is 2.37. The van der Waals surface area contributed by atoms with Gasteiger partial charge in [-0.2, -0.15) is 9.97 Å². The summed E-state index contributed by atoms with van der Waals surface area (Å²) in [4.78, 5) is 27.3. The molecule has 0 spiro atoms. The fraction of sp³-hybridized carbons (Fsp3) is 0.176. The molecule has 0 fully saturated rings. The molecule has 7 nitrogen and oxygen atoms in total. The molecule has 0 unspecified atom stereocenters. The lowest BCUT2D eigenvalue weighted by Crippen LogP contribution is -1.99. The van der Waals surface area contributed by atoms with Gasteiger partial charge in [-0.25, -0.2) is 4.98 Å². The molecule has 0 saturated heterocycles. The Balaban J connectivity index is 1.79. The normalized spacial score (nSPS) is 11.4. The van der Waals surface area contributed by atoms with E-state index >= 15 is 0 Å². The molecule has 0 amide bonds. The van der Waals surface area contributed by atoms with Crippen molar-refractivity contribution in [1.29, 1.82) is 0 Å². The van der Waals surface area contributed by atoms with E-state index in [0.29, 0.717) is 22.6 Å². The Hall–Kier alpha value is -3.22. The second-order valence-corrected chi connectivity index (χ2v) is 5.43. The highest BCUT2D eigenvalue weighted by Gasteiger charge is 2.08. The third-order valence-corrected chi connectivity index (χ3v) is 3.58. The summed E-state index contributed by atoms with van der Waals surface area (Å²) in [6, 6.07) is 7.62. The highest BCUT2D eigenvalue weighted by atomic mass is 16.1. The summed E-state index contributed by atoms with van der Waals surface area (Å²) in [5.74, 6) is 0.650. The number of fused-ring (bicyclic) bond motifs is 1. The summed E-state index contributed by atoms with van der Waals surface area (Å²) in [6.45, 7) is 2.12. The topological polar surface area (TPSA) is 124 Å². The number of carbonyl (C=O) groups excluding carboxylic acids is 1. The van der Waals surface area contributed by atoms with E-state index in [4.69, 9.17) is 11.5 Å². The molecule has 122 valence electrons. The van der Waals surface area contributed by atoms with E-state index in [1.807, 2.05) is 24.3 Å². The Labute approximate surface area is 138 Å². The number of nitrogens with one attached hydrogen (secondary N) is 1. The minimum atomic E-state index is -0.0999. The number of aromatic amines is 1. The van der Waals surface area contributed by atoms with Crippen molar-refractivity contribution in [3.63, 3.8) is 0 Å². The van der Waals surface area contributed by atoms with Crippen molar-refractivity contribution in [1.82, 2.24) is 19.9 Å². The van der Waals surface area contributed by atoms with E-state index in [-0.39, 0.29) is 17.5 Å². The first kappa shape index (κ1) is 15.7. The second-order valence-electron chi connectivity index (χ2n) is 5.43. The minimum absolute atomic E-state index is 0.0604. The Morgan fingerprint density at radius 2 is 1.92 bits per heavy atom. The van der Waals surface area contributed by atoms with Gasteiger partial charge >= 0.3 is 0 Å². The molecule has 5 N–H and O–H groups in total. The Morgan fingerprint density at radius 1 is 1.17 bits per heavy atom. The number of nitrogens with two attached hydrogens (primary N) is 2. The molecule has 0 radical (unpaired) electrons. The molecule has 3 aromatic rings. The number of H-pyrrole nitrogens is 1. The first-order valence-corrected chi connectivity index (χ1v) is 7.67. The first-order valence-electron chi connectivity index (χ1n) is 7.67. The van der Waals surface area contributed by atoms with Gasteiger partial charge in [-0.15, -0.1) is 0 Å². The monoisotopic (exact) mass is 322 g/mol. The van der Waals surface area contributed by atoms with E-state index < -0.39 is 0 Å². The zero-order valence-electron chi connectivity index (χ0n) is 13.3. The number of benzene rings is 1. The molecule has 0 aliphatic heterocycles. The van der Waals surface area contributed by atoms with E-state index in [1.165, 1.54) is 11.6 Å². The van der Waals surface area contributed by atoms with Gasteiger partial charge in [0.2, 0.25) is 5.95 Å². The van der Waals surface area contributed by atoms with Gasteiger partial charge in [-0.05, 0) is 24.1 Å². The fourth-order valence-electron chi connectivity index (χ4n) is 2.41. The number of ketones is 1. The average Bonchev–Trinajstić information content (AvgIpc) is 2.97. The van der Waals surface area contributed by atoms with Gasteiger partial charge in [-0.3, -0.25) is 4.79 Å². The van der Waals surface area contributed by atoms with Crippen LogP contribution in [0, 0.1) is 0 Å². The molecule has 0 aliphatic rings. The van der Waals surface area contributed by atoms with Crippen LogP contribution in [0.25, 0.3) is 17.2 Å². The van der Waals surface area contributed by atoms with Crippen LogP contribution in [0.15, 0.2) is 30.3 Å². The molecule has 0 atom stereocenters. The molecule has 1 aromatic carbocycles. The van der Waals surface area contributed by atoms with Crippen LogP contribution in [0.2, 0.25) is 0 Å². The largest absolute Gasteiger partial charge is 0.382 e. The smallest absolute Gasteiger partial charge is 0.224 e. The highest BCUT2D eigenvalue weighted by Crippen LogP contribution is 2.16. The first-order chi connectivity index (χ1) is 11.6. The third kappa shape index (κ3) is 3.24. The zero-order valence-corrected chi connectivity index (χ0v) is 13.3. The molecule has 0 bridgehead atoms. The van der Waals surface area contributed by atoms with Gasteiger partial charge in [0.05, 0.1) is 0 Å². The number of nitrogens with zero attached hydrogens (tertiary/aromatic N) is 3. The number of imidazole rings is 1. The standard InChI is InChI=1S/C17H18N6O/c1-2-3-10-4-6-11(7-5-10)12(24)8-9-13-20-14-15(18)22-17(19)23-16(14)21-13/h4-9H,2-3H2,1H3,(H5,18,19,20,21,22,23)/b9-8+. The van der Waals surface area contributed by atoms with Gasteiger partial charge in [0.1, 0.15) is 11.3 Å². The Bertz CT molecular complexity index is 911. The maximum absolute atomic E-state index is 12.2. The minimum Gasteiger partial charge on any atom is -0.382 e. The number of nitrogen functional groups attached to an aromatic ring is 2. The van der Waals surface area contributed by atoms with E-state index in [2.05, 4.69) is 26.9 Å². The molecule has 0 saturated carbocycles. The number of carbonyl (C=O) groups is 1. The maximum Gasteiger partial charge on any atom is 0.224 e. The van der Waals surface area contributed by atoms with Crippen LogP contribution in [0.4, 0.5) is 11.8 Å². The number of allylic oxidation sites excluding steroid dienone is 1. The second kappa shape index (κ2) is 6.49. The average molecular weight is 322 g/mol. The van der Waals surface area contributed by atoms with Crippen LogP contribution >= 0.6 is 0 Å². The highest BCUT2D eigenvalue weighted by molar-refractivity contribution is 6.06. The number of aryl methyl sites for hydroxylation is 1. The van der Waals surface area contributed by atoms with Crippen molar-refractivity contribution in [3.05, 3.63) is 47.3 Å². The number of rotatable bonds is 5. The number of hydrogen-bond donors (Lipinski definition) is 3. The number of aromatic nitrogens is 4. The van der Waals surface area contributed by atoms with Gasteiger partial charge in [0, 0.05) is 5.56 Å². The summed E-state index contributed by atoms with van der Waals surface area (Å²) in [5.41, 5.74) is 14.0. The van der Waals surface area contributed by atoms with Crippen molar-refractivity contribution in [2.45, 2.75) is 19.8 Å². The van der Waals surface area contributed by atoms with Crippen LogP contribution in [0.5, 0.6) is 0 Å². The third-order valence-electron chi connectivity index (χ3n) is 3.58. The fourth-order valence-corrected chi connectivity index (χ4v) is 2.41. The quantitative estimate of drug-likeness (QED) is 0.489. The molecule has 7 heteroatoms. The molecular formula is C17H18N6O. The number of anilines is 2. The summed E-state index contributed by atoms with van der Waals surface area (Å²) in [6.07, 6.45) is 5.13. The van der Waals surface area contributed by atoms with Gasteiger partial charge in [0.15, 0.2) is 17.2 Å². The Morgan fingerprint density at radius 3 is 2.62 bits per heavy atom. The lowest BCUT2D eigenvalue weighted by molar-refractivity contribution is 0.104. The summed E-state index contributed by atoms with van der Waals surface area (Å²) in [7, 11) is 0. The van der Waals surface area contributed by atoms with E-state index in [9.17, 15) is 4.79 Å². The van der Waals surface area contributed by atoms with Crippen LogP contribution in [0.1, 0.15) is 35.1 Å². The predicted molar refractivity (Wildman–Crippen MR) is 94.3 cm³/mol. The number of hydrogen-bond acceptors (Lipinski definition) is 6. The van der Waals surface area contributed by atoms with Crippen molar-refractivity contribution in [3.8, 4) is 0 Å². The van der Waals surface area contributed by atoms with E-state index in [0.717, 1.165) is 12.8 Å². The zero-order chi connectivity index (χ0) is 17.1. The molecule has 3 rings (SSSR count). The van der Waals surface area contributed by atoms with E-state index in [1.54, 1.807) is 6.08 Å². The molecular weight excluding hydrogens is 304 g/mol.